The quantitative estimate of drug-likeness (QED) is 0.0227. The molecule has 4 aromatic carbocycles. The summed E-state index contributed by atoms with van der Waals surface area (Å²) in [6, 6.07) is 14.1. The number of carbonyl (C=O) groups excluding carboxylic acids is 4. The van der Waals surface area contributed by atoms with Gasteiger partial charge >= 0.3 is 54.0 Å². The number of alkyl halides is 4. The van der Waals surface area contributed by atoms with Gasteiger partial charge in [0.2, 0.25) is 23.4 Å². The van der Waals surface area contributed by atoms with Gasteiger partial charge in [0.25, 0.3) is 22.2 Å². The van der Waals surface area contributed by atoms with Crippen molar-refractivity contribution in [3.63, 3.8) is 0 Å². The number of halogens is 4. The lowest BCUT2D eigenvalue weighted by Crippen LogP contribution is -2.37. The van der Waals surface area contributed by atoms with Crippen LogP contribution in [0.25, 0.3) is 0 Å². The van der Waals surface area contributed by atoms with Crippen molar-refractivity contribution in [3.05, 3.63) is 246 Å². The largest absolute Gasteiger partial charge is 0.530 e. The highest BCUT2D eigenvalue weighted by Crippen LogP contribution is 2.61. The third kappa shape index (κ3) is 20.8. The zero-order chi connectivity index (χ0) is 98.5. The van der Waals surface area contributed by atoms with Crippen molar-refractivity contribution in [3.8, 4) is 23.0 Å². The van der Waals surface area contributed by atoms with Crippen molar-refractivity contribution in [1.82, 2.24) is 38.2 Å². The number of H-pyrrole nitrogens is 4. The molecule has 0 bridgehead atoms. The first kappa shape index (κ1) is 86.8. The van der Waals surface area contributed by atoms with Crippen molar-refractivity contribution < 1.29 is 157 Å². The van der Waals surface area contributed by atoms with Crippen LogP contribution in [0.1, 0.15) is 167 Å². The Hall–Kier alpha value is -10.5. The van der Waals surface area contributed by atoms with Crippen molar-refractivity contribution in [2.75, 3.05) is 26.3 Å². The molecule has 44 nitrogen and oxygen atoms in total. The van der Waals surface area contributed by atoms with Crippen LogP contribution in [-0.2, 0) is 99.8 Å². The van der Waals surface area contributed by atoms with Gasteiger partial charge < -0.3 is 57.5 Å². The van der Waals surface area contributed by atoms with E-state index in [1.54, 1.807) is 80.1 Å². The Kier molecular flexibility index (Phi) is 25.0. The first-order valence-corrected chi connectivity index (χ1v) is 43.5. The van der Waals surface area contributed by atoms with Crippen molar-refractivity contribution in [2.24, 2.45) is 0 Å². The van der Waals surface area contributed by atoms with E-state index in [1.807, 2.05) is 43.7 Å². The predicted molar refractivity (Wildman–Crippen MR) is 425 cm³/mol. The van der Waals surface area contributed by atoms with E-state index in [-0.39, 0.29) is 73.4 Å². The molecule has 0 aliphatic carbocycles. The normalized spacial score (nSPS) is 31.4. The Morgan fingerprint density at radius 1 is 0.391 bits per heavy atom. The second-order valence-corrected chi connectivity index (χ2v) is 36.2. The fourth-order valence-corrected chi connectivity index (χ4v) is 19.0. The molecule has 0 saturated carbocycles. The molecule has 16 atom stereocenters. The summed E-state index contributed by atoms with van der Waals surface area (Å²) in [4.78, 5) is 146. The molecule has 8 aliphatic rings. The van der Waals surface area contributed by atoms with Crippen LogP contribution in [0.4, 0.5) is 17.6 Å². The minimum Gasteiger partial charge on any atom is -0.403 e. The third-order valence-electron chi connectivity index (χ3n) is 19.6. The third-order valence-corrected chi connectivity index (χ3v) is 24.6. The molecule has 8 aliphatic heterocycles. The molecule has 0 spiro atoms. The zero-order valence-electron chi connectivity index (χ0n) is 73.7. The number of aryl methyl sites for hydroxylation is 8. The second-order valence-electron chi connectivity index (χ2n) is 30.0. The molecule has 12 heterocycles. The predicted octanol–water partition coefficient (Wildman–Crippen LogP) is 6.58. The van der Waals surface area contributed by atoms with Crippen molar-refractivity contribution >= 4 is 56.4 Å². The van der Waals surface area contributed by atoms with Crippen molar-refractivity contribution in [2.45, 2.75) is 180 Å². The Balaban J connectivity index is 0.000000152. The highest BCUT2D eigenvalue weighted by Gasteiger charge is 2.55. The number of nitrogens with zero attached hydrogens (tertiary/aromatic N) is 4. The number of hydrogen-bond acceptors (Lipinski definition) is 36. The summed E-state index contributed by atoms with van der Waals surface area (Å²) >= 11 is 0. The van der Waals surface area contributed by atoms with Crippen LogP contribution in [0.5, 0.6) is 23.0 Å². The number of phosphoric ester groups is 4. The summed E-state index contributed by atoms with van der Waals surface area (Å²) in [6.07, 6.45) is -17.1. The molecule has 4 aromatic heterocycles. The molecule has 4 fully saturated rings. The van der Waals surface area contributed by atoms with Gasteiger partial charge in [0, 0.05) is 72.7 Å². The van der Waals surface area contributed by atoms with Gasteiger partial charge in [-0.1, -0.05) is 70.8 Å². The van der Waals surface area contributed by atoms with Crippen LogP contribution in [0.3, 0.4) is 0 Å². The number of aldehydes is 4. The first-order chi connectivity index (χ1) is 62.3. The summed E-state index contributed by atoms with van der Waals surface area (Å²) in [5.74, 6) is -11.8. The van der Waals surface area contributed by atoms with E-state index in [1.165, 1.54) is 0 Å². The fourth-order valence-electron chi connectivity index (χ4n) is 14.0. The van der Waals surface area contributed by atoms with Crippen LogP contribution in [-0.4, -0.2) is 158 Å². The Morgan fingerprint density at radius 2 is 0.633 bits per heavy atom. The Labute approximate surface area is 724 Å². The number of nitrogens with one attached hydrogen (secondary N) is 4. The number of benzene rings is 4. The number of hydrogen-bond donors (Lipinski definition) is 8. The SMILES string of the molecule is Cc1cc(C)c2c(c1)COP(=O)(OC[C@]1(F)C[C@@H](O)[C@H](n3cc(C=O)c(=O)[nH]c3=O)O1)O2.[2H]C([2H])(OP1(=O)OCc2cc(C)cc(C)c2O1)[C@]1(F)C[C@@H](O)[C@H](n2cc(C=O)c(=O)[nH]c2=O)O1.[2H]C([2H])(OP1(=O)OCc2cc(C)cc(C)c2O1)[C@]1(F)C[C@@H](O)[C@]([2H])(n2cc(C=O)c(=O)[nH]c2=O)O1.[2H][C@@]1(n2cc(C=O)c(=O)[nH]c2=O)O[C@](F)(COP2(=O)OCc3cc(C)cc(C)c3O2)C[C@H]1O. The van der Waals surface area contributed by atoms with E-state index in [2.05, 4.69) is 0 Å². The topological polar surface area (TPSA) is 585 Å². The zero-order valence-corrected chi connectivity index (χ0v) is 71.3. The van der Waals surface area contributed by atoms with Gasteiger partial charge in [0.15, 0.2) is 50.0 Å². The average molecular weight is 1890 g/mol. The number of rotatable bonds is 20. The van der Waals surface area contributed by atoms with Gasteiger partial charge in [-0.15, -0.1) is 0 Å². The summed E-state index contributed by atoms with van der Waals surface area (Å²) in [6.45, 7) is 4.34. The van der Waals surface area contributed by atoms with E-state index in [0.29, 0.717) is 76.4 Å². The molecule has 0 radical (unpaired) electrons. The van der Waals surface area contributed by atoms with Gasteiger partial charge in [0.1, 0.15) is 73.7 Å². The van der Waals surface area contributed by atoms with Crippen LogP contribution in [0.2, 0.25) is 0 Å². The minimum atomic E-state index is -4.77. The van der Waals surface area contributed by atoms with Gasteiger partial charge in [-0.25, -0.2) is 55.0 Å². The minimum absolute atomic E-state index is 0.0509. The second kappa shape index (κ2) is 36.8. The van der Waals surface area contributed by atoms with E-state index in [4.69, 9.17) is 81.5 Å². The number of aromatic nitrogens is 8. The van der Waals surface area contributed by atoms with Gasteiger partial charge in [-0.05, 0) is 77.6 Å². The average Bonchev–Trinajstić information content (AvgIpc) is 1.55. The molecule has 8 aromatic rings. The number of aliphatic hydroxyl groups excluding tert-OH is 4. The monoisotopic (exact) mass is 1890 g/mol. The van der Waals surface area contributed by atoms with Gasteiger partial charge in [-0.3, -0.25) is 113 Å². The molecule has 52 heteroatoms. The smallest absolute Gasteiger partial charge is 0.403 e. The standard InChI is InChI=1S/4C19H20FN2O9P/c4*1-10-3-11(2)15-12(4-10)8-28-32(27,31-15)29-9-19(20)5-14(24)17(30-19)22-6-13(7-23)16(25)21-18(22)26/h4*3-4,6-7,14,17,24H,5,8-9H2,1-2H3,(H,21,25,26)/t4*14-,17-,19+,32?/m1111/s1/i9D2,17D;17D;9D2;. The summed E-state index contributed by atoms with van der Waals surface area (Å²) < 4.78 is 246. The van der Waals surface area contributed by atoms with Crippen LogP contribution < -0.4 is 63.1 Å². The molecule has 4 unspecified atom stereocenters. The highest BCUT2D eigenvalue weighted by atomic mass is 31.2. The molecule has 4 saturated heterocycles. The number of ether oxygens (including phenoxy) is 4. The maximum Gasteiger partial charge on any atom is 0.530 e. The fraction of sp³-hybridized carbons (Fsp3) is 0.421. The van der Waals surface area contributed by atoms with Crippen molar-refractivity contribution in [1.29, 1.82) is 0 Å². The van der Waals surface area contributed by atoms with Gasteiger partial charge in [-0.2, -0.15) is 0 Å². The van der Waals surface area contributed by atoms with Crippen LogP contribution in [0, 0.1) is 55.4 Å². The highest BCUT2D eigenvalue weighted by molar-refractivity contribution is 7.49. The number of phosphoric acid groups is 4. The number of carbonyl (C=O) groups is 4. The Morgan fingerprint density at radius 3 is 0.945 bits per heavy atom. The molecule has 0 amide bonds. The number of fused-ring (bicyclic) bond motifs is 4. The summed E-state index contributed by atoms with van der Waals surface area (Å²) in [5.41, 5.74) is -2.35. The molecule has 16 rings (SSSR count). The molecule has 128 heavy (non-hydrogen) atoms. The van der Waals surface area contributed by atoms with Crippen LogP contribution in [0.15, 0.2) is 112 Å². The number of aliphatic hydroxyl groups is 4. The van der Waals surface area contributed by atoms with Gasteiger partial charge in [0.05, 0.1) is 56.9 Å². The summed E-state index contributed by atoms with van der Waals surface area (Å²) in [5, 5.41) is 41.2. The van der Waals surface area contributed by atoms with E-state index < -0.39 is 223 Å². The molecular formula is C76H80F4N8O36P4. The lowest BCUT2D eigenvalue weighted by Gasteiger charge is -2.28. The van der Waals surface area contributed by atoms with E-state index in [9.17, 15) is 96.2 Å². The lowest BCUT2D eigenvalue weighted by atomic mass is 10.1. The Bertz CT molecular complexity index is 6850. The van der Waals surface area contributed by atoms with E-state index in [0.717, 1.165) is 34.6 Å². The lowest BCUT2D eigenvalue weighted by molar-refractivity contribution is -0.179. The maximum absolute atomic E-state index is 15.8. The van der Waals surface area contributed by atoms with E-state index >= 15 is 17.6 Å². The molecule has 8 N–H and O–H groups in total. The number of aromatic amines is 4. The maximum atomic E-state index is 15.8. The molecular weight excluding hydrogens is 1800 g/mol. The first-order valence-electron chi connectivity index (χ1n) is 40.7. The molecule has 688 valence electrons. The summed E-state index contributed by atoms with van der Waals surface area (Å²) in [7, 11) is -17.9. The van der Waals surface area contributed by atoms with Crippen LogP contribution >= 0.6 is 31.3 Å².